The van der Waals surface area contributed by atoms with Crippen LogP contribution in [0.5, 0.6) is 0 Å². The average molecular weight is 716 g/mol. The van der Waals surface area contributed by atoms with E-state index >= 15 is 0 Å². The van der Waals surface area contributed by atoms with Crippen molar-refractivity contribution in [1.29, 1.82) is 0 Å². The van der Waals surface area contributed by atoms with Crippen molar-refractivity contribution in [3.63, 3.8) is 0 Å². The monoisotopic (exact) mass is 715 g/mol. The molecule has 56 heavy (non-hydrogen) atoms. The Morgan fingerprint density at radius 2 is 0.875 bits per heavy atom. The number of aryl methyl sites for hydroxylation is 1. The van der Waals surface area contributed by atoms with Crippen LogP contribution in [-0.2, 0) is 0 Å². The Bertz CT molecular complexity index is 3530. The Morgan fingerprint density at radius 1 is 0.375 bits per heavy atom. The Morgan fingerprint density at radius 3 is 1.52 bits per heavy atom. The predicted octanol–water partition coefficient (Wildman–Crippen LogP) is 12.9. The summed E-state index contributed by atoms with van der Waals surface area (Å²) in [6.07, 6.45) is 0. The van der Waals surface area contributed by atoms with Crippen LogP contribution in [0.3, 0.4) is 0 Å². The normalized spacial score (nSPS) is 12.0. The number of para-hydroxylation sites is 6. The van der Waals surface area contributed by atoms with Gasteiger partial charge in [-0.15, -0.1) is 0 Å². The van der Waals surface area contributed by atoms with Gasteiger partial charge in [0.1, 0.15) is 0 Å². The molecule has 0 fully saturated rings. The lowest BCUT2D eigenvalue weighted by Gasteiger charge is -2.15. The third-order valence-corrected chi connectivity index (χ3v) is 11.6. The highest BCUT2D eigenvalue weighted by Crippen LogP contribution is 2.41. The molecule has 0 N–H and O–H groups in total. The van der Waals surface area contributed by atoms with Gasteiger partial charge in [-0.25, -0.2) is 9.97 Å². The largest absolute Gasteiger partial charge is 0.309 e. The molecule has 8 aromatic carbocycles. The first kappa shape index (κ1) is 30.9. The summed E-state index contributed by atoms with van der Waals surface area (Å²) in [6.45, 7) is 2.20. The summed E-state index contributed by atoms with van der Waals surface area (Å²) in [7, 11) is 0. The van der Waals surface area contributed by atoms with Crippen LogP contribution in [0.25, 0.3) is 105 Å². The van der Waals surface area contributed by atoms with Crippen LogP contribution in [-0.4, -0.2) is 23.5 Å². The lowest BCUT2D eigenvalue weighted by Crippen LogP contribution is -1.99. The summed E-state index contributed by atoms with van der Waals surface area (Å²) in [6, 6.07) is 65.5. The van der Waals surface area contributed by atoms with E-state index in [4.69, 9.17) is 9.97 Å². The van der Waals surface area contributed by atoms with Crippen molar-refractivity contribution in [2.75, 3.05) is 0 Å². The number of fused-ring (bicyclic) bond motifs is 10. The number of nitrogens with zero attached hydrogens (tertiary/aromatic N) is 5. The summed E-state index contributed by atoms with van der Waals surface area (Å²) in [5, 5.41) is 6.00. The third kappa shape index (κ3) is 4.42. The minimum Gasteiger partial charge on any atom is -0.309 e. The molecule has 0 saturated carbocycles. The van der Waals surface area contributed by atoms with Gasteiger partial charge in [0.15, 0.2) is 0 Å². The molecule has 4 aromatic heterocycles. The quantitative estimate of drug-likeness (QED) is 0.182. The van der Waals surface area contributed by atoms with Crippen molar-refractivity contribution in [3.05, 3.63) is 188 Å². The minimum absolute atomic E-state index is 0.710. The predicted molar refractivity (Wildman–Crippen MR) is 232 cm³/mol. The molecular weight excluding hydrogens is 683 g/mol. The Hall–Kier alpha value is -7.50. The number of hydrogen-bond donors (Lipinski definition) is 0. The van der Waals surface area contributed by atoms with E-state index in [1.165, 1.54) is 43.6 Å². The molecule has 0 bridgehead atoms. The maximum Gasteiger partial charge on any atom is 0.235 e. The van der Waals surface area contributed by atoms with E-state index in [9.17, 15) is 0 Å². The van der Waals surface area contributed by atoms with Crippen LogP contribution in [0.4, 0.5) is 0 Å². The Labute approximate surface area is 322 Å². The maximum atomic E-state index is 5.35. The van der Waals surface area contributed by atoms with Gasteiger partial charge in [0.25, 0.3) is 0 Å². The zero-order chi connectivity index (χ0) is 36.9. The highest BCUT2D eigenvalue weighted by atomic mass is 15.1. The Kier molecular flexibility index (Phi) is 6.48. The number of imidazole rings is 1. The molecule has 0 aliphatic carbocycles. The first-order valence-electron chi connectivity index (χ1n) is 19.1. The van der Waals surface area contributed by atoms with E-state index in [0.29, 0.717) is 5.78 Å². The van der Waals surface area contributed by atoms with Crippen molar-refractivity contribution in [1.82, 2.24) is 23.5 Å². The topological polar surface area (TPSA) is 40.0 Å². The van der Waals surface area contributed by atoms with Crippen molar-refractivity contribution in [3.8, 4) is 33.6 Å². The highest BCUT2D eigenvalue weighted by molar-refractivity contribution is 6.13. The number of hydrogen-bond acceptors (Lipinski definition) is 2. The molecule has 0 aliphatic rings. The summed E-state index contributed by atoms with van der Waals surface area (Å²) in [4.78, 5) is 10.4. The van der Waals surface area contributed by atoms with Crippen LogP contribution in [0.1, 0.15) is 5.69 Å². The average Bonchev–Trinajstić information content (AvgIpc) is 3.91. The van der Waals surface area contributed by atoms with Crippen LogP contribution in [0.15, 0.2) is 182 Å². The molecule has 12 rings (SSSR count). The fourth-order valence-corrected chi connectivity index (χ4v) is 9.06. The van der Waals surface area contributed by atoms with E-state index in [1.54, 1.807) is 0 Å². The van der Waals surface area contributed by atoms with Gasteiger partial charge in [-0.3, -0.25) is 4.40 Å². The molecule has 5 heteroatoms. The lowest BCUT2D eigenvalue weighted by atomic mass is 9.93. The van der Waals surface area contributed by atoms with Gasteiger partial charge < -0.3 is 9.13 Å². The molecule has 5 nitrogen and oxygen atoms in total. The minimum atomic E-state index is 0.710. The molecule has 0 amide bonds. The Balaban J connectivity index is 1.15. The van der Waals surface area contributed by atoms with Gasteiger partial charge in [0, 0.05) is 49.6 Å². The van der Waals surface area contributed by atoms with E-state index in [2.05, 4.69) is 196 Å². The third-order valence-electron chi connectivity index (χ3n) is 11.6. The molecule has 0 aliphatic heterocycles. The summed E-state index contributed by atoms with van der Waals surface area (Å²) >= 11 is 0. The number of aromatic nitrogens is 5. The van der Waals surface area contributed by atoms with E-state index < -0.39 is 0 Å². The lowest BCUT2D eigenvalue weighted by molar-refractivity contribution is 1.10. The van der Waals surface area contributed by atoms with Gasteiger partial charge in [-0.05, 0) is 109 Å². The highest BCUT2D eigenvalue weighted by Gasteiger charge is 2.20. The second-order valence-corrected chi connectivity index (χ2v) is 14.7. The van der Waals surface area contributed by atoms with Gasteiger partial charge in [-0.1, -0.05) is 97.1 Å². The first-order valence-corrected chi connectivity index (χ1v) is 19.1. The summed E-state index contributed by atoms with van der Waals surface area (Å²) in [5.41, 5.74) is 15.6. The van der Waals surface area contributed by atoms with Gasteiger partial charge >= 0.3 is 0 Å². The second-order valence-electron chi connectivity index (χ2n) is 14.7. The maximum absolute atomic E-state index is 5.35. The second kappa shape index (κ2) is 11.7. The first-order chi connectivity index (χ1) is 27.7. The standard InChI is InChI=1S/C51H33N5/c1-32-40-30-35(33-24-26-47-42(28-33)38-18-8-11-21-45(38)55(47)36-14-4-2-5-15-36)31-41(50(40)53-51-52-44-20-10-13-23-49(44)54(32)51)34-25-27-48-43(29-34)39-19-9-12-22-46(39)56(48)37-16-6-3-7-17-37/h2-31H,1H3. The van der Waals surface area contributed by atoms with Crippen molar-refractivity contribution >= 4 is 71.3 Å². The SMILES string of the molecule is Cc1c2cc(-c3ccc4c(c3)c3ccccc3n4-c3ccccc3)cc(-c3ccc4c(c3)c3ccccc3n4-c3ccccc3)c2nc2nc3ccccc3n12. The molecule has 262 valence electrons. The summed E-state index contributed by atoms with van der Waals surface area (Å²) in [5.74, 6) is 0.710. The van der Waals surface area contributed by atoms with Crippen LogP contribution in [0, 0.1) is 6.92 Å². The van der Waals surface area contributed by atoms with Gasteiger partial charge in [0.05, 0.1) is 38.6 Å². The van der Waals surface area contributed by atoms with Crippen LogP contribution < -0.4 is 0 Å². The zero-order valence-corrected chi connectivity index (χ0v) is 30.6. The summed E-state index contributed by atoms with van der Waals surface area (Å²) < 4.78 is 6.95. The van der Waals surface area contributed by atoms with E-state index in [-0.39, 0.29) is 0 Å². The van der Waals surface area contributed by atoms with Crippen LogP contribution >= 0.6 is 0 Å². The molecule has 0 saturated heterocycles. The van der Waals surface area contributed by atoms with E-state index in [0.717, 1.165) is 61.3 Å². The fourth-order valence-electron chi connectivity index (χ4n) is 9.06. The molecule has 4 heterocycles. The van der Waals surface area contributed by atoms with Gasteiger partial charge in [0.2, 0.25) is 5.78 Å². The number of benzene rings is 8. The molecule has 0 spiro atoms. The number of rotatable bonds is 4. The van der Waals surface area contributed by atoms with Crippen LogP contribution in [0.2, 0.25) is 0 Å². The van der Waals surface area contributed by atoms with Gasteiger partial charge in [-0.2, -0.15) is 0 Å². The smallest absolute Gasteiger partial charge is 0.235 e. The van der Waals surface area contributed by atoms with Crippen molar-refractivity contribution in [2.45, 2.75) is 6.92 Å². The molecule has 0 unspecified atom stereocenters. The molecule has 0 radical (unpaired) electrons. The molecule has 0 atom stereocenters. The zero-order valence-electron chi connectivity index (χ0n) is 30.6. The van der Waals surface area contributed by atoms with Crippen molar-refractivity contribution < 1.29 is 0 Å². The molecule has 12 aromatic rings. The fraction of sp³-hybridized carbons (Fsp3) is 0.0196. The molecular formula is C51H33N5. The van der Waals surface area contributed by atoms with E-state index in [1.807, 2.05) is 6.07 Å². The van der Waals surface area contributed by atoms with Crippen molar-refractivity contribution in [2.24, 2.45) is 0 Å².